The van der Waals surface area contributed by atoms with E-state index in [0.29, 0.717) is 0 Å². The molecule has 0 nitrogen and oxygen atoms in total. The van der Waals surface area contributed by atoms with Crippen LogP contribution in [0, 0.1) is 11.8 Å². The van der Waals surface area contributed by atoms with Crippen LogP contribution in [-0.4, -0.2) is 0 Å². The van der Waals surface area contributed by atoms with Crippen molar-refractivity contribution in [3.05, 3.63) is 130 Å². The van der Waals surface area contributed by atoms with Gasteiger partial charge in [-0.25, -0.2) is 0 Å². The summed E-state index contributed by atoms with van der Waals surface area (Å²) >= 11 is -2.78. The Hall–Kier alpha value is -2.18. The van der Waals surface area contributed by atoms with Gasteiger partial charge in [0, 0.05) is 0 Å². The zero-order chi connectivity index (χ0) is 28.4. The zero-order valence-corrected chi connectivity index (χ0v) is 30.0. The van der Waals surface area contributed by atoms with E-state index in [0.717, 1.165) is 19.1 Å². The normalized spacial score (nSPS) is 22.3. The Morgan fingerprint density at radius 3 is 1.22 bits per heavy atom. The number of halogens is 2. The van der Waals surface area contributed by atoms with E-state index in [2.05, 4.69) is 109 Å². The summed E-state index contributed by atoms with van der Waals surface area (Å²) in [5, 5.41) is 0. The maximum Gasteiger partial charge on any atom is -1.00 e. The average molecular weight is 709 g/mol. The summed E-state index contributed by atoms with van der Waals surface area (Å²) in [4.78, 5) is 0. The van der Waals surface area contributed by atoms with E-state index in [1.165, 1.54) is 73.6 Å². The first kappa shape index (κ1) is 31.4. The topological polar surface area (TPSA) is 0 Å². The summed E-state index contributed by atoms with van der Waals surface area (Å²) in [6.07, 6.45) is 16.8. The molecule has 5 aliphatic rings. The van der Waals surface area contributed by atoms with Crippen molar-refractivity contribution in [2.24, 2.45) is 11.8 Å². The van der Waals surface area contributed by atoms with Gasteiger partial charge in [0.25, 0.3) is 0 Å². The van der Waals surface area contributed by atoms with Crippen LogP contribution >= 0.6 is 0 Å². The molecule has 1 aliphatic heterocycles. The molecular formula is C42H42Cl2Zr. The molecule has 3 heteroatoms. The largest absolute Gasteiger partial charge is 1.00 e. The predicted octanol–water partition coefficient (Wildman–Crippen LogP) is 5.99. The van der Waals surface area contributed by atoms with Gasteiger partial charge < -0.3 is 24.8 Å². The third-order valence-electron chi connectivity index (χ3n) is 12.0. The fourth-order valence-corrected chi connectivity index (χ4v) is 27.7. The molecule has 0 spiro atoms. The zero-order valence-electron chi connectivity index (χ0n) is 26.0. The third-order valence-corrected chi connectivity index (χ3v) is 24.9. The Morgan fingerprint density at radius 1 is 0.444 bits per heavy atom. The molecule has 4 aliphatic carbocycles. The molecule has 2 atom stereocenters. The van der Waals surface area contributed by atoms with Crippen LogP contribution in [0.2, 0.25) is 8.26 Å². The number of allylic oxidation sites excluding steroid dienone is 2. The predicted molar refractivity (Wildman–Crippen MR) is 179 cm³/mol. The molecule has 2 saturated carbocycles. The molecule has 4 aromatic carbocycles. The summed E-state index contributed by atoms with van der Waals surface area (Å²) in [6.45, 7) is 0. The van der Waals surface area contributed by atoms with Crippen molar-refractivity contribution in [1.29, 1.82) is 0 Å². The van der Waals surface area contributed by atoms with Gasteiger partial charge in [-0.15, -0.1) is 0 Å². The molecule has 228 valence electrons. The van der Waals surface area contributed by atoms with Crippen molar-refractivity contribution >= 4 is 12.2 Å². The van der Waals surface area contributed by atoms with Crippen LogP contribution in [0.3, 0.4) is 0 Å². The van der Waals surface area contributed by atoms with Crippen LogP contribution in [0.15, 0.2) is 108 Å². The van der Waals surface area contributed by atoms with Crippen molar-refractivity contribution in [1.82, 2.24) is 0 Å². The van der Waals surface area contributed by atoms with Gasteiger partial charge in [-0.2, -0.15) is 0 Å². The summed E-state index contributed by atoms with van der Waals surface area (Å²) in [6, 6.07) is 37.2. The van der Waals surface area contributed by atoms with E-state index in [1.807, 2.05) is 11.1 Å². The number of hydrogen-bond donors (Lipinski definition) is 0. The minimum Gasteiger partial charge on any atom is -1.00 e. The minimum absolute atomic E-state index is 0. The number of rotatable bonds is 6. The number of fused-ring (bicyclic) bond motifs is 2. The van der Waals surface area contributed by atoms with E-state index in [-0.39, 0.29) is 24.8 Å². The first-order chi connectivity index (χ1) is 21.3. The van der Waals surface area contributed by atoms with E-state index in [9.17, 15) is 0 Å². The maximum absolute atomic E-state index is 2.78. The molecule has 0 amide bonds. The van der Waals surface area contributed by atoms with Crippen LogP contribution in [0.1, 0.15) is 80.9 Å². The van der Waals surface area contributed by atoms with Gasteiger partial charge in [-0.1, -0.05) is 0 Å². The molecule has 0 N–H and O–H groups in total. The van der Waals surface area contributed by atoms with Crippen LogP contribution in [0.25, 0.3) is 34.4 Å². The maximum atomic E-state index is 2.75. The SMILES string of the molecule is C1=C(C2CCCC2)[CH]([Zr+2]2([CH]3C(C4CCCC4)=Cc4c(-c5ccccc5)cccc43)[CH2][CH2]2)c2cccc(-c3ccccc3)c21.[Cl-].[Cl-]. The van der Waals surface area contributed by atoms with Gasteiger partial charge in [0.15, 0.2) is 0 Å². The van der Waals surface area contributed by atoms with Gasteiger partial charge in [0.2, 0.25) is 0 Å². The molecule has 0 aromatic heterocycles. The quantitative estimate of drug-likeness (QED) is 0.231. The Bertz CT molecular complexity index is 1610. The Balaban J connectivity index is 0.00000163. The van der Waals surface area contributed by atoms with Gasteiger partial charge in [-0.3, -0.25) is 0 Å². The van der Waals surface area contributed by atoms with E-state index >= 15 is 0 Å². The van der Waals surface area contributed by atoms with Crippen molar-refractivity contribution in [2.75, 3.05) is 0 Å². The molecule has 45 heavy (non-hydrogen) atoms. The van der Waals surface area contributed by atoms with E-state index in [1.54, 1.807) is 30.5 Å². The van der Waals surface area contributed by atoms with Gasteiger partial charge in [0.05, 0.1) is 0 Å². The smallest absolute Gasteiger partial charge is 1.00 e. The van der Waals surface area contributed by atoms with Crippen molar-refractivity contribution in [3.8, 4) is 22.3 Å². The van der Waals surface area contributed by atoms with E-state index < -0.39 is 20.3 Å². The van der Waals surface area contributed by atoms with Gasteiger partial charge in [-0.05, 0) is 0 Å². The fourth-order valence-electron chi connectivity index (χ4n) is 9.99. The molecule has 2 unspecified atom stereocenters. The summed E-state index contributed by atoms with van der Waals surface area (Å²) in [5.74, 6) is 1.59. The van der Waals surface area contributed by atoms with Crippen LogP contribution in [0.4, 0.5) is 0 Å². The second-order valence-electron chi connectivity index (χ2n) is 14.2. The monoisotopic (exact) mass is 706 g/mol. The van der Waals surface area contributed by atoms with Crippen LogP contribution in [-0.2, 0) is 20.3 Å². The average Bonchev–Trinajstić information content (AvgIpc) is 3.59. The molecule has 9 rings (SSSR count). The summed E-state index contributed by atoms with van der Waals surface area (Å²) in [7, 11) is 0. The van der Waals surface area contributed by atoms with Gasteiger partial charge in [0.1, 0.15) is 0 Å². The summed E-state index contributed by atoms with van der Waals surface area (Å²) < 4.78 is 4.61. The molecule has 4 aromatic rings. The second kappa shape index (κ2) is 12.8. The van der Waals surface area contributed by atoms with Crippen LogP contribution < -0.4 is 24.8 Å². The Morgan fingerprint density at radius 2 is 0.844 bits per heavy atom. The first-order valence-corrected chi connectivity index (χ1v) is 23.4. The molecule has 1 saturated heterocycles. The van der Waals surface area contributed by atoms with Crippen molar-refractivity contribution < 1.29 is 45.1 Å². The summed E-state index contributed by atoms with van der Waals surface area (Å²) in [5.41, 5.74) is 16.0. The fraction of sp³-hybridized carbons (Fsp3) is 0.333. The minimum atomic E-state index is -2.78. The molecule has 0 bridgehead atoms. The van der Waals surface area contributed by atoms with Crippen molar-refractivity contribution in [3.63, 3.8) is 0 Å². The van der Waals surface area contributed by atoms with E-state index in [4.69, 9.17) is 0 Å². The number of hydrogen-bond acceptors (Lipinski definition) is 0. The molecule has 1 heterocycles. The third kappa shape index (κ3) is 5.21. The Labute approximate surface area is 286 Å². The molecule has 3 fully saturated rings. The standard InChI is InChI=1S/2C20H19.C2H4.2ClH.Zr/c2*1-2-9-16(10-3-1)19-12-6-11-17-13-18(14-20(17)19)15-7-4-5-8-15;1-2;;;/h2*1-3,6,9-15H,4-5,7-8H2;1-2H2;2*1H;/q;;;;;+2/p-2. The number of benzene rings is 4. The molecular weight excluding hydrogens is 667 g/mol. The van der Waals surface area contributed by atoms with Crippen molar-refractivity contribution in [2.45, 2.75) is 66.9 Å². The van der Waals surface area contributed by atoms with Gasteiger partial charge >= 0.3 is 264 Å². The second-order valence-corrected chi connectivity index (χ2v) is 25.6. The molecule has 0 radical (unpaired) electrons. The van der Waals surface area contributed by atoms with Crippen LogP contribution in [0.5, 0.6) is 0 Å². The Kier molecular flexibility index (Phi) is 8.93. The first-order valence-electron chi connectivity index (χ1n) is 17.1.